The molecule has 5 nitrogen and oxygen atoms in total. The molecule has 25 heavy (non-hydrogen) atoms. The van der Waals surface area contributed by atoms with Crippen LogP contribution in [0.5, 0.6) is 17.2 Å². The van der Waals surface area contributed by atoms with Gasteiger partial charge in [-0.2, -0.15) is 0 Å². The molecule has 0 spiro atoms. The van der Waals surface area contributed by atoms with Gasteiger partial charge in [0.2, 0.25) is 12.7 Å². The Hall–Kier alpha value is -2.95. The van der Waals surface area contributed by atoms with Crippen LogP contribution < -0.4 is 19.5 Å². The maximum Gasteiger partial charge on any atom is 0.248 e. The Morgan fingerprint density at radius 3 is 2.76 bits per heavy atom. The number of nitrogens with one attached hydrogen (secondary N) is 1. The summed E-state index contributed by atoms with van der Waals surface area (Å²) >= 11 is 0. The van der Waals surface area contributed by atoms with Crippen LogP contribution in [0.25, 0.3) is 6.08 Å². The summed E-state index contributed by atoms with van der Waals surface area (Å²) in [5, 5.41) is 2.82. The largest absolute Gasteiger partial charge is 0.494 e. The van der Waals surface area contributed by atoms with Gasteiger partial charge in [0.15, 0.2) is 11.5 Å². The van der Waals surface area contributed by atoms with Crippen LogP contribution in [-0.4, -0.2) is 19.3 Å². The normalized spacial score (nSPS) is 12.4. The number of ether oxygens (including phenoxy) is 3. The smallest absolute Gasteiger partial charge is 0.248 e. The van der Waals surface area contributed by atoms with Crippen molar-refractivity contribution in [3.63, 3.8) is 0 Å². The molecule has 0 saturated carbocycles. The van der Waals surface area contributed by atoms with E-state index in [2.05, 4.69) is 12.2 Å². The zero-order valence-electron chi connectivity index (χ0n) is 14.2. The van der Waals surface area contributed by atoms with E-state index < -0.39 is 0 Å². The van der Waals surface area contributed by atoms with Crippen LogP contribution >= 0.6 is 0 Å². The number of amides is 1. The van der Waals surface area contributed by atoms with Crippen molar-refractivity contribution in [2.45, 2.75) is 19.8 Å². The molecule has 2 aromatic carbocycles. The lowest BCUT2D eigenvalue weighted by Crippen LogP contribution is -2.07. The maximum absolute atomic E-state index is 12.0. The van der Waals surface area contributed by atoms with Gasteiger partial charge in [-0.3, -0.25) is 4.79 Å². The Balaban J connectivity index is 1.53. The predicted molar refractivity (Wildman–Crippen MR) is 97.1 cm³/mol. The van der Waals surface area contributed by atoms with Crippen LogP contribution in [0, 0.1) is 0 Å². The molecule has 2 aromatic rings. The third-order valence-corrected chi connectivity index (χ3v) is 3.71. The number of benzene rings is 2. The minimum atomic E-state index is -0.197. The van der Waals surface area contributed by atoms with Crippen LogP contribution in [-0.2, 0) is 4.79 Å². The molecular weight excluding hydrogens is 318 g/mol. The fourth-order valence-corrected chi connectivity index (χ4v) is 2.34. The van der Waals surface area contributed by atoms with Crippen molar-refractivity contribution >= 4 is 17.7 Å². The number of carbonyl (C=O) groups excluding carboxylic acids is 1. The molecule has 3 rings (SSSR count). The van der Waals surface area contributed by atoms with Gasteiger partial charge in [0.1, 0.15) is 5.75 Å². The second-order valence-corrected chi connectivity index (χ2v) is 5.66. The van der Waals surface area contributed by atoms with Crippen molar-refractivity contribution in [3.05, 3.63) is 54.1 Å². The lowest BCUT2D eigenvalue weighted by Gasteiger charge is -2.07. The minimum Gasteiger partial charge on any atom is -0.494 e. The zero-order chi connectivity index (χ0) is 17.5. The van der Waals surface area contributed by atoms with Crippen LogP contribution in [0.3, 0.4) is 0 Å². The van der Waals surface area contributed by atoms with Gasteiger partial charge in [0.05, 0.1) is 6.61 Å². The number of hydrogen-bond acceptors (Lipinski definition) is 4. The second-order valence-electron chi connectivity index (χ2n) is 5.66. The number of hydrogen-bond donors (Lipinski definition) is 1. The van der Waals surface area contributed by atoms with Crippen LogP contribution in [0.1, 0.15) is 25.3 Å². The molecule has 130 valence electrons. The van der Waals surface area contributed by atoms with Crippen molar-refractivity contribution in [3.8, 4) is 17.2 Å². The summed E-state index contributed by atoms with van der Waals surface area (Å²) in [6, 6.07) is 12.9. The Bertz CT molecular complexity index is 753. The summed E-state index contributed by atoms with van der Waals surface area (Å²) in [5.74, 6) is 2.03. The van der Waals surface area contributed by atoms with E-state index in [4.69, 9.17) is 14.2 Å². The minimum absolute atomic E-state index is 0.197. The number of carbonyl (C=O) groups is 1. The van der Waals surface area contributed by atoms with Crippen LogP contribution in [0.15, 0.2) is 48.5 Å². The Morgan fingerprint density at radius 1 is 1.16 bits per heavy atom. The van der Waals surface area contributed by atoms with Gasteiger partial charge in [-0.15, -0.1) is 0 Å². The number of anilines is 1. The molecule has 0 fully saturated rings. The highest BCUT2D eigenvalue weighted by Crippen LogP contribution is 2.32. The van der Waals surface area contributed by atoms with E-state index in [-0.39, 0.29) is 12.7 Å². The molecule has 1 aliphatic rings. The molecular formula is C20H21NO4. The molecule has 0 unspecified atom stereocenters. The van der Waals surface area contributed by atoms with E-state index >= 15 is 0 Å². The molecule has 0 radical (unpaired) electrons. The van der Waals surface area contributed by atoms with E-state index in [1.54, 1.807) is 6.08 Å². The van der Waals surface area contributed by atoms with E-state index in [9.17, 15) is 4.79 Å². The topological polar surface area (TPSA) is 56.8 Å². The molecule has 0 atom stereocenters. The average Bonchev–Trinajstić information content (AvgIpc) is 3.09. The Kier molecular flexibility index (Phi) is 5.57. The predicted octanol–water partition coefficient (Wildman–Crippen LogP) is 4.25. The molecule has 1 heterocycles. The van der Waals surface area contributed by atoms with Gasteiger partial charge in [0.25, 0.3) is 0 Å². The van der Waals surface area contributed by atoms with Gasteiger partial charge in [0, 0.05) is 11.8 Å². The third kappa shape index (κ3) is 4.76. The highest BCUT2D eigenvalue weighted by atomic mass is 16.7. The van der Waals surface area contributed by atoms with E-state index in [1.807, 2.05) is 42.5 Å². The SMILES string of the molecule is CCCCOc1ccc(NC(=O)/C=C/c2ccc3c(c2)OCO3)cc1. The molecule has 0 bridgehead atoms. The summed E-state index contributed by atoms with van der Waals surface area (Å²) in [4.78, 5) is 12.0. The first-order valence-electron chi connectivity index (χ1n) is 8.36. The van der Waals surface area contributed by atoms with E-state index in [0.29, 0.717) is 12.4 Å². The fourth-order valence-electron chi connectivity index (χ4n) is 2.34. The average molecular weight is 339 g/mol. The molecule has 0 saturated heterocycles. The van der Waals surface area contributed by atoms with Gasteiger partial charge in [-0.05, 0) is 54.5 Å². The number of rotatable bonds is 7. The van der Waals surface area contributed by atoms with Crippen molar-refractivity contribution in [2.75, 3.05) is 18.7 Å². The maximum atomic E-state index is 12.0. The summed E-state index contributed by atoms with van der Waals surface area (Å²) < 4.78 is 16.2. The number of fused-ring (bicyclic) bond motifs is 1. The van der Waals surface area contributed by atoms with Crippen molar-refractivity contribution in [1.29, 1.82) is 0 Å². The molecule has 0 aliphatic carbocycles. The second kappa shape index (κ2) is 8.24. The Labute approximate surface area is 147 Å². The highest BCUT2D eigenvalue weighted by molar-refractivity contribution is 6.01. The van der Waals surface area contributed by atoms with Gasteiger partial charge >= 0.3 is 0 Å². The standard InChI is InChI=1S/C20H21NO4/c1-2-3-12-23-17-8-6-16(7-9-17)21-20(22)11-5-15-4-10-18-19(13-15)25-14-24-18/h4-11,13H,2-3,12,14H2,1H3,(H,21,22)/b11-5+. The monoisotopic (exact) mass is 339 g/mol. The summed E-state index contributed by atoms with van der Waals surface area (Å²) in [6.07, 6.45) is 5.36. The van der Waals surface area contributed by atoms with E-state index in [1.165, 1.54) is 6.08 Å². The third-order valence-electron chi connectivity index (χ3n) is 3.71. The highest BCUT2D eigenvalue weighted by Gasteiger charge is 2.12. The van der Waals surface area contributed by atoms with Gasteiger partial charge in [-0.1, -0.05) is 19.4 Å². The lowest BCUT2D eigenvalue weighted by atomic mass is 10.2. The van der Waals surface area contributed by atoms with Crippen LogP contribution in [0.2, 0.25) is 0 Å². The molecule has 1 N–H and O–H groups in total. The summed E-state index contributed by atoms with van der Waals surface area (Å²) in [7, 11) is 0. The molecule has 1 aliphatic heterocycles. The van der Waals surface area contributed by atoms with Gasteiger partial charge < -0.3 is 19.5 Å². The van der Waals surface area contributed by atoms with Crippen molar-refractivity contribution in [1.82, 2.24) is 0 Å². The van der Waals surface area contributed by atoms with Crippen molar-refractivity contribution in [2.24, 2.45) is 0 Å². The lowest BCUT2D eigenvalue weighted by molar-refractivity contribution is -0.111. The van der Waals surface area contributed by atoms with E-state index in [0.717, 1.165) is 35.6 Å². The molecule has 0 aromatic heterocycles. The first kappa shape index (κ1) is 16.9. The van der Waals surface area contributed by atoms with Gasteiger partial charge in [-0.25, -0.2) is 0 Å². The van der Waals surface area contributed by atoms with Crippen LogP contribution in [0.4, 0.5) is 5.69 Å². The summed E-state index contributed by atoms with van der Waals surface area (Å²) in [6.45, 7) is 3.07. The Morgan fingerprint density at radius 2 is 1.96 bits per heavy atom. The first-order valence-corrected chi connectivity index (χ1v) is 8.36. The zero-order valence-corrected chi connectivity index (χ0v) is 14.2. The first-order chi connectivity index (χ1) is 12.2. The molecule has 5 heteroatoms. The van der Waals surface area contributed by atoms with Crippen molar-refractivity contribution < 1.29 is 19.0 Å². The molecule has 1 amide bonds. The number of unbranched alkanes of at least 4 members (excludes halogenated alkanes) is 1. The quantitative estimate of drug-likeness (QED) is 0.605. The fraction of sp³-hybridized carbons (Fsp3) is 0.250. The summed E-state index contributed by atoms with van der Waals surface area (Å²) in [5.41, 5.74) is 1.60.